The van der Waals surface area contributed by atoms with Crippen molar-refractivity contribution in [1.29, 1.82) is 0 Å². The molecule has 0 radical (unpaired) electrons. The zero-order chi connectivity index (χ0) is 17.8. The van der Waals surface area contributed by atoms with Crippen LogP contribution in [-0.4, -0.2) is 45.5 Å². The molecule has 0 spiro atoms. The molecule has 1 aromatic carbocycles. The molecule has 4 N–H and O–H groups in total. The molecule has 1 aliphatic heterocycles. The highest BCUT2D eigenvalue weighted by Gasteiger charge is 2.22. The Bertz CT molecular complexity index is 707. The lowest BCUT2D eigenvalue weighted by Gasteiger charge is -2.27. The average Bonchev–Trinajstić information content (AvgIpc) is 2.70. The fourth-order valence-electron chi connectivity index (χ4n) is 2.94. The van der Waals surface area contributed by atoms with E-state index in [0.29, 0.717) is 36.0 Å². The summed E-state index contributed by atoms with van der Waals surface area (Å²) in [7, 11) is 0. The number of hydrogen-bond donors (Lipinski definition) is 3. The normalized spacial score (nSPS) is 21.7. The first-order valence-electron chi connectivity index (χ1n) is 8.47. The molecule has 0 amide bonds. The van der Waals surface area contributed by atoms with E-state index in [-0.39, 0.29) is 11.8 Å². The molecule has 25 heavy (non-hydrogen) atoms. The Kier molecular flexibility index (Phi) is 5.40. The molecule has 1 aliphatic rings. The molecule has 2 atom stereocenters. The number of aromatic nitrogens is 3. The van der Waals surface area contributed by atoms with E-state index in [4.69, 9.17) is 5.73 Å². The highest BCUT2D eigenvalue weighted by molar-refractivity contribution is 5.53. The monoisotopic (exact) mass is 345 g/mol. The minimum atomic E-state index is -0.292. The van der Waals surface area contributed by atoms with E-state index < -0.39 is 0 Å². The first kappa shape index (κ1) is 17.5. The number of halogens is 1. The Morgan fingerprint density at radius 1 is 1.20 bits per heavy atom. The number of rotatable bonds is 4. The maximum absolute atomic E-state index is 13.0. The highest BCUT2D eigenvalue weighted by atomic mass is 19.1. The molecule has 2 heterocycles. The Labute approximate surface area is 146 Å². The lowest BCUT2D eigenvalue weighted by Crippen LogP contribution is -2.38. The molecule has 134 valence electrons. The van der Waals surface area contributed by atoms with Crippen molar-refractivity contribution >= 4 is 17.6 Å². The third-order valence-electron chi connectivity index (χ3n) is 4.25. The van der Waals surface area contributed by atoms with Crippen LogP contribution in [0.4, 0.5) is 22.0 Å². The van der Waals surface area contributed by atoms with Crippen molar-refractivity contribution in [3.63, 3.8) is 0 Å². The minimum absolute atomic E-state index is 0.170. The van der Waals surface area contributed by atoms with Gasteiger partial charge in [-0.1, -0.05) is 6.92 Å². The number of hydrogen-bond acceptors (Lipinski definition) is 7. The Hall–Kier alpha value is -2.32. The van der Waals surface area contributed by atoms with Crippen LogP contribution in [0.25, 0.3) is 0 Å². The van der Waals surface area contributed by atoms with E-state index in [9.17, 15) is 4.39 Å². The van der Waals surface area contributed by atoms with Crippen molar-refractivity contribution in [2.75, 3.05) is 30.7 Å². The molecule has 2 aromatic rings. The van der Waals surface area contributed by atoms with E-state index in [1.807, 2.05) is 0 Å². The van der Waals surface area contributed by atoms with Crippen molar-refractivity contribution in [1.82, 2.24) is 25.2 Å². The maximum Gasteiger partial charge on any atom is 0.232 e. The minimum Gasteiger partial charge on any atom is -0.368 e. The fourth-order valence-corrected chi connectivity index (χ4v) is 2.94. The van der Waals surface area contributed by atoms with Crippen molar-refractivity contribution in [3.8, 4) is 0 Å². The van der Waals surface area contributed by atoms with Crippen LogP contribution in [0.2, 0.25) is 0 Å². The predicted octanol–water partition coefficient (Wildman–Crippen LogP) is 1.77. The first-order valence-corrected chi connectivity index (χ1v) is 8.47. The average molecular weight is 345 g/mol. The molecule has 1 fully saturated rings. The Morgan fingerprint density at radius 2 is 1.96 bits per heavy atom. The van der Waals surface area contributed by atoms with Gasteiger partial charge in [-0.05, 0) is 43.7 Å². The summed E-state index contributed by atoms with van der Waals surface area (Å²) >= 11 is 0. The largest absolute Gasteiger partial charge is 0.368 e. The number of nitrogens with two attached hydrogens (primary N) is 1. The van der Waals surface area contributed by atoms with Gasteiger partial charge in [0.15, 0.2) is 0 Å². The summed E-state index contributed by atoms with van der Waals surface area (Å²) in [5, 5.41) is 6.50. The van der Waals surface area contributed by atoms with Crippen LogP contribution in [0.15, 0.2) is 24.3 Å². The van der Waals surface area contributed by atoms with Crippen LogP contribution >= 0.6 is 0 Å². The fraction of sp³-hybridized carbons (Fsp3) is 0.471. The van der Waals surface area contributed by atoms with Crippen LogP contribution < -0.4 is 16.4 Å². The molecule has 2 unspecified atom stereocenters. The van der Waals surface area contributed by atoms with Crippen LogP contribution in [0.1, 0.15) is 19.7 Å². The van der Waals surface area contributed by atoms with Gasteiger partial charge in [0, 0.05) is 24.8 Å². The SMILES string of the molecule is CC1CNCC(C)N(Cc2nc(N)nc(Nc3ccc(F)cc3)n2)C1. The van der Waals surface area contributed by atoms with Gasteiger partial charge in [-0.15, -0.1) is 0 Å². The molecule has 1 saturated heterocycles. The number of benzene rings is 1. The van der Waals surface area contributed by atoms with Crippen LogP contribution in [-0.2, 0) is 6.54 Å². The molecule has 7 nitrogen and oxygen atoms in total. The van der Waals surface area contributed by atoms with Gasteiger partial charge in [-0.25, -0.2) is 4.39 Å². The van der Waals surface area contributed by atoms with Crippen molar-refractivity contribution in [2.24, 2.45) is 5.92 Å². The van der Waals surface area contributed by atoms with Crippen molar-refractivity contribution in [3.05, 3.63) is 35.9 Å². The zero-order valence-electron chi connectivity index (χ0n) is 14.5. The lowest BCUT2D eigenvalue weighted by molar-refractivity contribution is 0.191. The van der Waals surface area contributed by atoms with Gasteiger partial charge in [0.05, 0.1) is 6.54 Å². The topological polar surface area (TPSA) is 92.0 Å². The van der Waals surface area contributed by atoms with Gasteiger partial charge in [-0.2, -0.15) is 15.0 Å². The van der Waals surface area contributed by atoms with E-state index in [1.165, 1.54) is 12.1 Å². The van der Waals surface area contributed by atoms with Gasteiger partial charge in [-0.3, -0.25) is 4.90 Å². The molecule has 8 heteroatoms. The quantitative estimate of drug-likeness (QED) is 0.778. The van der Waals surface area contributed by atoms with E-state index in [0.717, 1.165) is 19.6 Å². The maximum atomic E-state index is 13.0. The second-order valence-corrected chi connectivity index (χ2v) is 6.61. The summed E-state index contributed by atoms with van der Waals surface area (Å²) in [5.41, 5.74) is 6.54. The number of nitrogens with zero attached hydrogens (tertiary/aromatic N) is 4. The first-order chi connectivity index (χ1) is 12.0. The number of anilines is 3. The second-order valence-electron chi connectivity index (χ2n) is 6.61. The smallest absolute Gasteiger partial charge is 0.232 e. The van der Waals surface area contributed by atoms with E-state index in [2.05, 4.69) is 44.3 Å². The zero-order valence-corrected chi connectivity index (χ0v) is 14.5. The Balaban J connectivity index is 1.75. The van der Waals surface area contributed by atoms with Gasteiger partial charge < -0.3 is 16.4 Å². The van der Waals surface area contributed by atoms with E-state index in [1.54, 1.807) is 12.1 Å². The molecule has 0 aliphatic carbocycles. The van der Waals surface area contributed by atoms with Crippen LogP contribution in [0, 0.1) is 11.7 Å². The summed E-state index contributed by atoms with van der Waals surface area (Å²) in [6, 6.07) is 6.39. The third kappa shape index (κ3) is 4.83. The predicted molar refractivity (Wildman–Crippen MR) is 95.8 cm³/mol. The molecule has 3 rings (SSSR count). The summed E-state index contributed by atoms with van der Waals surface area (Å²) in [6.07, 6.45) is 0. The van der Waals surface area contributed by atoms with Gasteiger partial charge in [0.25, 0.3) is 0 Å². The molecule has 0 bridgehead atoms. The van der Waals surface area contributed by atoms with Crippen LogP contribution in [0.3, 0.4) is 0 Å². The number of nitrogens with one attached hydrogen (secondary N) is 2. The Morgan fingerprint density at radius 3 is 2.72 bits per heavy atom. The summed E-state index contributed by atoms with van der Waals surface area (Å²) < 4.78 is 13.0. The lowest BCUT2D eigenvalue weighted by atomic mass is 10.1. The summed E-state index contributed by atoms with van der Waals surface area (Å²) in [5.74, 6) is 1.42. The summed E-state index contributed by atoms with van der Waals surface area (Å²) in [4.78, 5) is 15.2. The van der Waals surface area contributed by atoms with E-state index >= 15 is 0 Å². The molecular formula is C17H24FN7. The van der Waals surface area contributed by atoms with Crippen molar-refractivity contribution in [2.45, 2.75) is 26.4 Å². The van der Waals surface area contributed by atoms with Gasteiger partial charge >= 0.3 is 0 Å². The molecular weight excluding hydrogens is 321 g/mol. The van der Waals surface area contributed by atoms with Gasteiger partial charge in [0.1, 0.15) is 11.6 Å². The van der Waals surface area contributed by atoms with Gasteiger partial charge in [0.2, 0.25) is 11.9 Å². The summed E-state index contributed by atoms with van der Waals surface area (Å²) in [6.45, 7) is 7.94. The third-order valence-corrected chi connectivity index (χ3v) is 4.25. The highest BCUT2D eigenvalue weighted by Crippen LogP contribution is 2.16. The van der Waals surface area contributed by atoms with Crippen LogP contribution in [0.5, 0.6) is 0 Å². The second kappa shape index (κ2) is 7.71. The standard InChI is InChI=1S/C17H24FN7/c1-11-7-20-8-12(2)25(9-11)10-15-22-16(19)24-17(23-15)21-14-5-3-13(18)4-6-14/h3-6,11-12,20H,7-10H2,1-2H3,(H3,19,21,22,23,24). The molecule has 0 saturated carbocycles. The van der Waals surface area contributed by atoms with Crippen molar-refractivity contribution < 1.29 is 4.39 Å². The number of nitrogen functional groups attached to an aromatic ring is 1. The molecule has 1 aromatic heterocycles.